The second kappa shape index (κ2) is 5.69. The van der Waals surface area contributed by atoms with Gasteiger partial charge in [0.05, 0.1) is 6.20 Å². The maximum atomic E-state index is 5.98. The molecule has 0 spiro atoms. The summed E-state index contributed by atoms with van der Waals surface area (Å²) >= 11 is 0. The summed E-state index contributed by atoms with van der Waals surface area (Å²) in [7, 11) is 1.94. The number of benzene rings is 1. The van der Waals surface area contributed by atoms with Gasteiger partial charge in [-0.2, -0.15) is 5.10 Å². The molecule has 0 bridgehead atoms. The molecule has 2 N–H and O–H groups in total. The van der Waals surface area contributed by atoms with Crippen LogP contribution in [0.2, 0.25) is 0 Å². The Bertz CT molecular complexity index is 504. The van der Waals surface area contributed by atoms with E-state index in [9.17, 15) is 0 Å². The highest BCUT2D eigenvalue weighted by Gasteiger charge is 2.07. The molecule has 96 valence electrons. The van der Waals surface area contributed by atoms with Gasteiger partial charge in [-0.15, -0.1) is 0 Å². The van der Waals surface area contributed by atoms with Crippen LogP contribution in [0.25, 0.3) is 0 Å². The molecular formula is C14H20N4. The zero-order chi connectivity index (χ0) is 13.0. The Kier molecular flexibility index (Phi) is 3.99. The van der Waals surface area contributed by atoms with Crippen LogP contribution in [0.3, 0.4) is 0 Å². The van der Waals surface area contributed by atoms with Gasteiger partial charge in [0.25, 0.3) is 0 Å². The first kappa shape index (κ1) is 12.6. The van der Waals surface area contributed by atoms with Gasteiger partial charge in [0, 0.05) is 37.6 Å². The van der Waals surface area contributed by atoms with E-state index in [1.165, 1.54) is 11.1 Å². The number of nitrogen functional groups attached to an aromatic ring is 1. The normalized spacial score (nSPS) is 11.1. The van der Waals surface area contributed by atoms with Crippen LogP contribution in [0.4, 0.5) is 5.69 Å². The van der Waals surface area contributed by atoms with Crippen molar-refractivity contribution >= 4 is 5.69 Å². The van der Waals surface area contributed by atoms with Gasteiger partial charge < -0.3 is 5.73 Å². The third-order valence-corrected chi connectivity index (χ3v) is 3.06. The Labute approximate surface area is 108 Å². The van der Waals surface area contributed by atoms with Gasteiger partial charge in [0.2, 0.25) is 0 Å². The van der Waals surface area contributed by atoms with E-state index in [4.69, 9.17) is 5.73 Å². The predicted molar refractivity (Wildman–Crippen MR) is 73.9 cm³/mol. The van der Waals surface area contributed by atoms with Crippen LogP contribution < -0.4 is 5.73 Å². The lowest BCUT2D eigenvalue weighted by atomic mass is 10.1. The van der Waals surface area contributed by atoms with Crippen molar-refractivity contribution in [2.75, 3.05) is 12.3 Å². The molecule has 0 atom stereocenters. The monoisotopic (exact) mass is 244 g/mol. The van der Waals surface area contributed by atoms with Crippen LogP contribution in [0.15, 0.2) is 36.7 Å². The topological polar surface area (TPSA) is 47.1 Å². The van der Waals surface area contributed by atoms with Crippen LogP contribution in [-0.2, 0) is 20.1 Å². The Balaban J connectivity index is 2.04. The number of anilines is 1. The maximum absolute atomic E-state index is 5.98. The molecule has 1 aromatic heterocycles. The smallest absolute Gasteiger partial charge is 0.0534 e. The Hall–Kier alpha value is -1.81. The van der Waals surface area contributed by atoms with Crippen molar-refractivity contribution in [3.63, 3.8) is 0 Å². The van der Waals surface area contributed by atoms with Gasteiger partial charge in [0.1, 0.15) is 0 Å². The van der Waals surface area contributed by atoms with Crippen LogP contribution in [-0.4, -0.2) is 21.2 Å². The number of para-hydroxylation sites is 1. The molecule has 0 aliphatic carbocycles. The molecule has 0 amide bonds. The number of aryl methyl sites for hydroxylation is 1. The number of hydrogen-bond acceptors (Lipinski definition) is 3. The molecule has 1 aromatic carbocycles. The van der Waals surface area contributed by atoms with E-state index in [2.05, 4.69) is 29.2 Å². The fourth-order valence-electron chi connectivity index (χ4n) is 2.01. The standard InChI is InChI=1S/C14H20N4/c1-3-18(10-12-8-16-17(2)9-12)11-13-6-4-5-7-14(13)15/h4-9H,3,10-11,15H2,1-2H3. The number of nitrogens with zero attached hydrogens (tertiary/aromatic N) is 3. The van der Waals surface area contributed by atoms with Crippen molar-refractivity contribution in [3.8, 4) is 0 Å². The van der Waals surface area contributed by atoms with E-state index < -0.39 is 0 Å². The molecule has 0 aliphatic rings. The highest BCUT2D eigenvalue weighted by molar-refractivity contribution is 5.46. The number of nitrogens with two attached hydrogens (primary N) is 1. The van der Waals surface area contributed by atoms with E-state index in [0.29, 0.717) is 0 Å². The number of aromatic nitrogens is 2. The van der Waals surface area contributed by atoms with Crippen LogP contribution >= 0.6 is 0 Å². The van der Waals surface area contributed by atoms with Crippen molar-refractivity contribution in [1.29, 1.82) is 0 Å². The Morgan fingerprint density at radius 1 is 1.28 bits per heavy atom. The quantitative estimate of drug-likeness (QED) is 0.819. The molecule has 2 aromatic rings. The summed E-state index contributed by atoms with van der Waals surface area (Å²) in [6, 6.07) is 8.04. The predicted octanol–water partition coefficient (Wildman–Crippen LogP) is 2.02. The Morgan fingerprint density at radius 3 is 2.67 bits per heavy atom. The van der Waals surface area contributed by atoms with Crippen LogP contribution in [0.5, 0.6) is 0 Å². The molecule has 0 fully saturated rings. The van der Waals surface area contributed by atoms with E-state index in [1.54, 1.807) is 0 Å². The first-order chi connectivity index (χ1) is 8.69. The SMILES string of the molecule is CCN(Cc1cnn(C)c1)Cc1ccccc1N. The minimum absolute atomic E-state index is 0.863. The van der Waals surface area contributed by atoms with Gasteiger partial charge in [-0.1, -0.05) is 25.1 Å². The molecule has 4 nitrogen and oxygen atoms in total. The second-order valence-electron chi connectivity index (χ2n) is 4.52. The summed E-state index contributed by atoms with van der Waals surface area (Å²) in [5.74, 6) is 0. The molecule has 1 heterocycles. The van der Waals surface area contributed by atoms with Gasteiger partial charge in [-0.3, -0.25) is 9.58 Å². The number of hydrogen-bond donors (Lipinski definition) is 1. The molecule has 2 rings (SSSR count). The van der Waals surface area contributed by atoms with Gasteiger partial charge in [-0.05, 0) is 18.2 Å². The lowest BCUT2D eigenvalue weighted by molar-refractivity contribution is 0.272. The van der Waals surface area contributed by atoms with E-state index >= 15 is 0 Å². The molecule has 0 saturated carbocycles. The minimum Gasteiger partial charge on any atom is -0.398 e. The average Bonchev–Trinajstić information content (AvgIpc) is 2.76. The molecule has 0 unspecified atom stereocenters. The van der Waals surface area contributed by atoms with Crippen molar-refractivity contribution in [1.82, 2.24) is 14.7 Å². The fourth-order valence-corrected chi connectivity index (χ4v) is 2.01. The molecule has 0 radical (unpaired) electrons. The van der Waals surface area contributed by atoms with Gasteiger partial charge >= 0.3 is 0 Å². The molecule has 18 heavy (non-hydrogen) atoms. The fraction of sp³-hybridized carbons (Fsp3) is 0.357. The van der Waals surface area contributed by atoms with Crippen molar-refractivity contribution < 1.29 is 0 Å². The van der Waals surface area contributed by atoms with Crippen molar-refractivity contribution in [3.05, 3.63) is 47.8 Å². The summed E-state index contributed by atoms with van der Waals surface area (Å²) in [4.78, 5) is 2.35. The zero-order valence-electron chi connectivity index (χ0n) is 11.0. The summed E-state index contributed by atoms with van der Waals surface area (Å²) in [6.07, 6.45) is 3.97. The summed E-state index contributed by atoms with van der Waals surface area (Å²) in [6.45, 7) is 4.93. The maximum Gasteiger partial charge on any atom is 0.0534 e. The van der Waals surface area contributed by atoms with Gasteiger partial charge in [-0.25, -0.2) is 0 Å². The highest BCUT2D eigenvalue weighted by Crippen LogP contribution is 2.15. The molecule has 0 aliphatic heterocycles. The summed E-state index contributed by atoms with van der Waals surface area (Å²) < 4.78 is 1.83. The Morgan fingerprint density at radius 2 is 2.06 bits per heavy atom. The summed E-state index contributed by atoms with van der Waals surface area (Å²) in [5.41, 5.74) is 9.25. The lowest BCUT2D eigenvalue weighted by Gasteiger charge is -2.20. The third-order valence-electron chi connectivity index (χ3n) is 3.06. The minimum atomic E-state index is 0.863. The molecule has 0 saturated heterocycles. The van der Waals surface area contributed by atoms with Crippen molar-refractivity contribution in [2.45, 2.75) is 20.0 Å². The molecular weight excluding hydrogens is 224 g/mol. The van der Waals surface area contributed by atoms with Crippen molar-refractivity contribution in [2.24, 2.45) is 7.05 Å². The van der Waals surface area contributed by atoms with E-state index in [1.807, 2.05) is 36.1 Å². The zero-order valence-corrected chi connectivity index (χ0v) is 11.0. The van der Waals surface area contributed by atoms with Crippen LogP contribution in [0.1, 0.15) is 18.1 Å². The first-order valence-electron chi connectivity index (χ1n) is 6.22. The average molecular weight is 244 g/mol. The van der Waals surface area contributed by atoms with E-state index in [-0.39, 0.29) is 0 Å². The highest BCUT2D eigenvalue weighted by atomic mass is 15.2. The first-order valence-corrected chi connectivity index (χ1v) is 6.22. The van der Waals surface area contributed by atoms with E-state index in [0.717, 1.165) is 25.3 Å². The lowest BCUT2D eigenvalue weighted by Crippen LogP contribution is -2.22. The second-order valence-corrected chi connectivity index (χ2v) is 4.52. The molecule has 4 heteroatoms. The third kappa shape index (κ3) is 3.11. The summed E-state index contributed by atoms with van der Waals surface area (Å²) in [5, 5.41) is 4.19. The largest absolute Gasteiger partial charge is 0.398 e. The number of rotatable bonds is 5. The van der Waals surface area contributed by atoms with Crippen LogP contribution in [0, 0.1) is 0 Å². The van der Waals surface area contributed by atoms with Gasteiger partial charge in [0.15, 0.2) is 0 Å².